The summed E-state index contributed by atoms with van der Waals surface area (Å²) in [5, 5.41) is 3.20. The standard InChI is InChI=1S/C23H26N2O4S2/c1-16-12-25(13-17(2)29-16)31(27,28)20-8-6-7-18(11-20)23(26)24(3)14-19-15-30-22-10-5-4-9-21(19)22/h4-11,15-17H,12-14H2,1-3H3. The van der Waals surface area contributed by atoms with E-state index in [2.05, 4.69) is 17.5 Å². The molecule has 6 nitrogen and oxygen atoms in total. The molecule has 1 aliphatic rings. The fourth-order valence-corrected chi connectivity index (χ4v) is 6.56. The Labute approximate surface area is 187 Å². The first-order chi connectivity index (χ1) is 14.8. The van der Waals surface area contributed by atoms with Gasteiger partial charge in [0, 0.05) is 36.9 Å². The third-order valence-electron chi connectivity index (χ3n) is 5.42. The zero-order valence-electron chi connectivity index (χ0n) is 17.8. The summed E-state index contributed by atoms with van der Waals surface area (Å²) in [5.74, 6) is -0.212. The molecule has 1 saturated heterocycles. The van der Waals surface area contributed by atoms with E-state index in [4.69, 9.17) is 4.74 Å². The highest BCUT2D eigenvalue weighted by Gasteiger charge is 2.32. The van der Waals surface area contributed by atoms with Crippen molar-refractivity contribution >= 4 is 37.4 Å². The van der Waals surface area contributed by atoms with Crippen LogP contribution in [0.25, 0.3) is 10.1 Å². The first kappa shape index (κ1) is 22.0. The van der Waals surface area contributed by atoms with Crippen molar-refractivity contribution in [2.75, 3.05) is 20.1 Å². The Hall–Kier alpha value is -2.26. The number of nitrogens with zero attached hydrogens (tertiary/aromatic N) is 2. The molecule has 0 spiro atoms. The van der Waals surface area contributed by atoms with Crippen LogP contribution < -0.4 is 0 Å². The molecule has 0 saturated carbocycles. The minimum absolute atomic E-state index is 0.133. The fourth-order valence-electron chi connectivity index (χ4n) is 3.97. The lowest BCUT2D eigenvalue weighted by Crippen LogP contribution is -2.48. The van der Waals surface area contributed by atoms with Crippen LogP contribution in [0, 0.1) is 0 Å². The maximum atomic E-state index is 13.2. The van der Waals surface area contributed by atoms with E-state index < -0.39 is 10.0 Å². The topological polar surface area (TPSA) is 66.9 Å². The average molecular weight is 459 g/mol. The summed E-state index contributed by atoms with van der Waals surface area (Å²) in [6.45, 7) is 4.78. The summed E-state index contributed by atoms with van der Waals surface area (Å²) in [6.07, 6.45) is -0.343. The Morgan fingerprint density at radius 3 is 2.58 bits per heavy atom. The number of carbonyl (C=O) groups is 1. The number of fused-ring (bicyclic) bond motifs is 1. The van der Waals surface area contributed by atoms with Crippen molar-refractivity contribution in [3.05, 3.63) is 65.0 Å². The van der Waals surface area contributed by atoms with E-state index in [-0.39, 0.29) is 23.0 Å². The molecule has 2 aromatic carbocycles. The van der Waals surface area contributed by atoms with E-state index in [1.165, 1.54) is 15.1 Å². The van der Waals surface area contributed by atoms with E-state index in [9.17, 15) is 13.2 Å². The molecule has 1 amide bonds. The third kappa shape index (κ3) is 4.52. The summed E-state index contributed by atoms with van der Waals surface area (Å²) in [4.78, 5) is 14.8. The van der Waals surface area contributed by atoms with Crippen LogP contribution in [0.4, 0.5) is 0 Å². The average Bonchev–Trinajstić information content (AvgIpc) is 3.15. The van der Waals surface area contributed by atoms with E-state index in [0.29, 0.717) is 25.2 Å². The molecule has 0 radical (unpaired) electrons. The molecule has 3 aromatic rings. The first-order valence-corrected chi connectivity index (χ1v) is 12.5. The molecule has 2 atom stereocenters. The number of thiophene rings is 1. The zero-order valence-corrected chi connectivity index (χ0v) is 19.4. The number of benzene rings is 2. The van der Waals surface area contributed by atoms with Gasteiger partial charge in [-0.05, 0) is 54.4 Å². The molecule has 164 valence electrons. The monoisotopic (exact) mass is 458 g/mol. The lowest BCUT2D eigenvalue weighted by molar-refractivity contribution is -0.0440. The van der Waals surface area contributed by atoms with Crippen molar-refractivity contribution in [3.8, 4) is 0 Å². The van der Waals surface area contributed by atoms with Crippen molar-refractivity contribution in [3.63, 3.8) is 0 Å². The van der Waals surface area contributed by atoms with Gasteiger partial charge in [0.15, 0.2) is 0 Å². The molecular formula is C23H26N2O4S2. The van der Waals surface area contributed by atoms with Crippen molar-refractivity contribution in [2.24, 2.45) is 0 Å². The molecule has 1 aliphatic heterocycles. The van der Waals surface area contributed by atoms with Crippen LogP contribution >= 0.6 is 11.3 Å². The molecule has 31 heavy (non-hydrogen) atoms. The van der Waals surface area contributed by atoms with Gasteiger partial charge in [-0.15, -0.1) is 11.3 Å². The summed E-state index contributed by atoms with van der Waals surface area (Å²) < 4.78 is 34.6. The molecular weight excluding hydrogens is 432 g/mol. The highest BCUT2D eigenvalue weighted by atomic mass is 32.2. The number of ether oxygens (including phenoxy) is 1. The Morgan fingerprint density at radius 2 is 1.84 bits per heavy atom. The highest BCUT2D eigenvalue weighted by molar-refractivity contribution is 7.89. The molecule has 2 heterocycles. The van der Waals surface area contributed by atoms with Gasteiger partial charge >= 0.3 is 0 Å². The molecule has 0 bridgehead atoms. The highest BCUT2D eigenvalue weighted by Crippen LogP contribution is 2.27. The van der Waals surface area contributed by atoms with Crippen LogP contribution in [-0.4, -0.2) is 55.9 Å². The summed E-state index contributed by atoms with van der Waals surface area (Å²) in [5.41, 5.74) is 1.44. The minimum Gasteiger partial charge on any atom is -0.373 e. The van der Waals surface area contributed by atoms with E-state index in [1.54, 1.807) is 41.5 Å². The molecule has 0 aliphatic carbocycles. The maximum absolute atomic E-state index is 13.2. The first-order valence-electron chi connectivity index (χ1n) is 10.2. The normalized spacial score (nSPS) is 20.1. The number of hydrogen-bond acceptors (Lipinski definition) is 5. The Balaban J connectivity index is 1.55. The van der Waals surface area contributed by atoms with Gasteiger partial charge in [0.2, 0.25) is 10.0 Å². The van der Waals surface area contributed by atoms with Crippen molar-refractivity contribution in [2.45, 2.75) is 37.5 Å². The van der Waals surface area contributed by atoms with Gasteiger partial charge in [0.25, 0.3) is 5.91 Å². The molecule has 2 unspecified atom stereocenters. The molecule has 1 aromatic heterocycles. The smallest absolute Gasteiger partial charge is 0.253 e. The van der Waals surface area contributed by atoms with Gasteiger partial charge in [-0.1, -0.05) is 24.3 Å². The predicted molar refractivity (Wildman–Crippen MR) is 123 cm³/mol. The van der Waals surface area contributed by atoms with Crippen molar-refractivity contribution in [1.29, 1.82) is 0 Å². The number of sulfonamides is 1. The van der Waals surface area contributed by atoms with Crippen LogP contribution in [0.5, 0.6) is 0 Å². The SMILES string of the molecule is CC1CN(S(=O)(=O)c2cccc(C(=O)N(C)Cc3csc4ccccc34)c2)CC(C)O1. The second-order valence-electron chi connectivity index (χ2n) is 8.03. The molecule has 8 heteroatoms. The predicted octanol–water partition coefficient (Wildman–Crippen LogP) is 3.97. The number of morpholine rings is 1. The van der Waals surface area contributed by atoms with Gasteiger partial charge in [-0.25, -0.2) is 8.42 Å². The second kappa shape index (κ2) is 8.70. The lowest BCUT2D eigenvalue weighted by Gasteiger charge is -2.34. The largest absolute Gasteiger partial charge is 0.373 e. The van der Waals surface area contributed by atoms with E-state index in [1.807, 2.05) is 26.0 Å². The molecule has 4 rings (SSSR count). The van der Waals surface area contributed by atoms with Crippen molar-refractivity contribution < 1.29 is 17.9 Å². The molecule has 0 N–H and O–H groups in total. The third-order valence-corrected chi connectivity index (χ3v) is 8.26. The number of hydrogen-bond donors (Lipinski definition) is 0. The fraction of sp³-hybridized carbons (Fsp3) is 0.348. The van der Waals surface area contributed by atoms with Crippen LogP contribution in [0.1, 0.15) is 29.8 Å². The number of rotatable bonds is 5. The number of carbonyl (C=O) groups excluding carboxylic acids is 1. The number of amides is 1. The maximum Gasteiger partial charge on any atom is 0.253 e. The van der Waals surface area contributed by atoms with Gasteiger partial charge in [-0.3, -0.25) is 4.79 Å². The molecule has 1 fully saturated rings. The van der Waals surface area contributed by atoms with Gasteiger partial charge in [-0.2, -0.15) is 4.31 Å². The minimum atomic E-state index is -3.70. The summed E-state index contributed by atoms with van der Waals surface area (Å²) in [7, 11) is -1.97. The zero-order chi connectivity index (χ0) is 22.2. The van der Waals surface area contributed by atoms with Gasteiger partial charge in [0.1, 0.15) is 0 Å². The van der Waals surface area contributed by atoms with Gasteiger partial charge < -0.3 is 9.64 Å². The summed E-state index contributed by atoms with van der Waals surface area (Å²) >= 11 is 1.65. The van der Waals surface area contributed by atoms with Crippen LogP contribution in [-0.2, 0) is 21.3 Å². The summed E-state index contributed by atoms with van der Waals surface area (Å²) in [6, 6.07) is 14.4. The Morgan fingerprint density at radius 1 is 1.13 bits per heavy atom. The van der Waals surface area contributed by atoms with Crippen LogP contribution in [0.3, 0.4) is 0 Å². The van der Waals surface area contributed by atoms with Gasteiger partial charge in [0.05, 0.1) is 17.1 Å². The quantitative estimate of drug-likeness (QED) is 0.580. The lowest BCUT2D eigenvalue weighted by atomic mass is 10.1. The second-order valence-corrected chi connectivity index (χ2v) is 10.9. The van der Waals surface area contributed by atoms with E-state index >= 15 is 0 Å². The van der Waals surface area contributed by atoms with Crippen LogP contribution in [0.15, 0.2) is 58.8 Å². The Kier molecular flexibility index (Phi) is 6.16. The van der Waals surface area contributed by atoms with Crippen LogP contribution in [0.2, 0.25) is 0 Å². The Bertz CT molecular complexity index is 1200. The van der Waals surface area contributed by atoms with Crippen molar-refractivity contribution in [1.82, 2.24) is 9.21 Å². The van der Waals surface area contributed by atoms with E-state index in [0.717, 1.165) is 10.9 Å².